The van der Waals surface area contributed by atoms with Crippen LogP contribution in [-0.4, -0.2) is 79.4 Å². The molecule has 0 aromatic heterocycles. The SMILES string of the molecule is CN1CCN(CC(=O)N(CCc2ccc(-c3cccc(C#N)c3)cc2)CC(=O)Nc2cc(Cl)cc(Cl)c2)CC1. The van der Waals surface area contributed by atoms with Gasteiger partial charge in [-0.25, -0.2) is 0 Å². The van der Waals surface area contributed by atoms with E-state index >= 15 is 0 Å². The van der Waals surface area contributed by atoms with Crippen molar-refractivity contribution in [2.24, 2.45) is 0 Å². The molecular weight excluding hydrogens is 533 g/mol. The first kappa shape index (κ1) is 28.6. The number of likely N-dealkylation sites (N-methyl/N-ethyl adjacent to an activating group) is 1. The smallest absolute Gasteiger partial charge is 0.243 e. The highest BCUT2D eigenvalue weighted by Gasteiger charge is 2.22. The fourth-order valence-corrected chi connectivity index (χ4v) is 5.01. The van der Waals surface area contributed by atoms with E-state index in [9.17, 15) is 14.9 Å². The summed E-state index contributed by atoms with van der Waals surface area (Å²) in [6.45, 7) is 4.06. The summed E-state index contributed by atoms with van der Waals surface area (Å²) in [4.78, 5) is 32.2. The molecule has 3 aromatic rings. The molecule has 1 heterocycles. The molecule has 0 radical (unpaired) electrons. The summed E-state index contributed by atoms with van der Waals surface area (Å²) in [7, 11) is 2.07. The Kier molecular flexibility index (Phi) is 9.96. The van der Waals surface area contributed by atoms with Gasteiger partial charge in [0.2, 0.25) is 11.8 Å². The van der Waals surface area contributed by atoms with Gasteiger partial charge in [-0.3, -0.25) is 14.5 Å². The van der Waals surface area contributed by atoms with Gasteiger partial charge in [-0.2, -0.15) is 5.26 Å². The van der Waals surface area contributed by atoms with Crippen LogP contribution in [0.2, 0.25) is 10.0 Å². The van der Waals surface area contributed by atoms with Gasteiger partial charge in [-0.15, -0.1) is 0 Å². The van der Waals surface area contributed by atoms with Crippen LogP contribution in [0.1, 0.15) is 11.1 Å². The minimum atomic E-state index is -0.312. The number of hydrogen-bond donors (Lipinski definition) is 1. The zero-order chi connectivity index (χ0) is 27.8. The number of carbonyl (C=O) groups is 2. The molecule has 0 saturated carbocycles. The molecule has 202 valence electrons. The van der Waals surface area contributed by atoms with E-state index in [1.807, 2.05) is 42.5 Å². The van der Waals surface area contributed by atoms with E-state index in [4.69, 9.17) is 23.2 Å². The number of carbonyl (C=O) groups excluding carboxylic acids is 2. The molecule has 1 saturated heterocycles. The lowest BCUT2D eigenvalue weighted by Gasteiger charge is -2.33. The second kappa shape index (κ2) is 13.6. The lowest BCUT2D eigenvalue weighted by atomic mass is 10.0. The number of nitrogens with zero attached hydrogens (tertiary/aromatic N) is 4. The number of amides is 2. The summed E-state index contributed by atoms with van der Waals surface area (Å²) in [5.41, 5.74) is 4.14. The van der Waals surface area contributed by atoms with Crippen LogP contribution in [0.25, 0.3) is 11.1 Å². The maximum atomic E-state index is 13.3. The van der Waals surface area contributed by atoms with Gasteiger partial charge in [0.25, 0.3) is 0 Å². The van der Waals surface area contributed by atoms with E-state index in [2.05, 4.69) is 28.2 Å². The van der Waals surface area contributed by atoms with E-state index in [-0.39, 0.29) is 24.9 Å². The van der Waals surface area contributed by atoms with E-state index in [1.165, 1.54) is 0 Å². The molecule has 39 heavy (non-hydrogen) atoms. The standard InChI is InChI=1S/C30H31Cl2N5O2/c1-35-11-13-36(14-12-35)21-30(39)37(20-29(38)34-28-17-26(31)16-27(32)18-28)10-9-22-5-7-24(8-6-22)25-4-2-3-23(15-25)19-33/h2-8,15-18H,9-14,20-21H2,1H3,(H,34,38). The molecule has 3 aromatic carbocycles. The van der Waals surface area contributed by atoms with E-state index < -0.39 is 0 Å². The Balaban J connectivity index is 1.42. The lowest BCUT2D eigenvalue weighted by molar-refractivity contribution is -0.136. The van der Waals surface area contributed by atoms with Gasteiger partial charge in [-0.05, 0) is 60.5 Å². The molecule has 4 rings (SSSR count). The Hall–Kier alpha value is -3.41. The summed E-state index contributed by atoms with van der Waals surface area (Å²) >= 11 is 12.1. The fourth-order valence-electron chi connectivity index (χ4n) is 4.49. The number of anilines is 1. The van der Waals surface area contributed by atoms with Crippen molar-refractivity contribution in [1.82, 2.24) is 14.7 Å². The number of halogens is 2. The zero-order valence-electron chi connectivity index (χ0n) is 21.9. The minimum absolute atomic E-state index is 0.0737. The first-order valence-corrected chi connectivity index (χ1v) is 13.6. The van der Waals surface area contributed by atoms with Gasteiger partial charge in [0.15, 0.2) is 0 Å². The molecule has 7 nitrogen and oxygen atoms in total. The van der Waals surface area contributed by atoms with Crippen molar-refractivity contribution in [2.45, 2.75) is 6.42 Å². The van der Waals surface area contributed by atoms with Gasteiger partial charge in [0.1, 0.15) is 0 Å². The van der Waals surface area contributed by atoms with Crippen LogP contribution in [0.15, 0.2) is 66.7 Å². The molecule has 1 N–H and O–H groups in total. The highest BCUT2D eigenvalue weighted by Crippen LogP contribution is 2.23. The summed E-state index contributed by atoms with van der Waals surface area (Å²) in [5.74, 6) is -0.392. The Labute approximate surface area is 239 Å². The Morgan fingerprint density at radius 3 is 2.31 bits per heavy atom. The number of benzene rings is 3. The van der Waals surface area contributed by atoms with Crippen LogP contribution >= 0.6 is 23.2 Å². The summed E-state index contributed by atoms with van der Waals surface area (Å²) in [5, 5.41) is 12.8. The number of hydrogen-bond acceptors (Lipinski definition) is 5. The van der Waals surface area contributed by atoms with Gasteiger partial charge >= 0.3 is 0 Å². The van der Waals surface area contributed by atoms with Crippen molar-refractivity contribution >= 4 is 40.7 Å². The molecule has 1 fully saturated rings. The van der Waals surface area contributed by atoms with Crippen molar-refractivity contribution in [3.8, 4) is 17.2 Å². The first-order chi connectivity index (χ1) is 18.8. The van der Waals surface area contributed by atoms with Crippen LogP contribution in [0, 0.1) is 11.3 Å². The first-order valence-electron chi connectivity index (χ1n) is 12.8. The van der Waals surface area contributed by atoms with Gasteiger partial charge in [-0.1, -0.05) is 59.6 Å². The molecular formula is C30H31Cl2N5O2. The van der Waals surface area contributed by atoms with Crippen LogP contribution in [0.5, 0.6) is 0 Å². The summed E-state index contributed by atoms with van der Waals surface area (Å²) < 4.78 is 0. The van der Waals surface area contributed by atoms with Crippen molar-refractivity contribution in [3.63, 3.8) is 0 Å². The number of nitriles is 1. The van der Waals surface area contributed by atoms with Crippen LogP contribution in [-0.2, 0) is 16.0 Å². The largest absolute Gasteiger partial charge is 0.332 e. The topological polar surface area (TPSA) is 79.7 Å². The van der Waals surface area contributed by atoms with Gasteiger partial charge in [0.05, 0.1) is 24.7 Å². The van der Waals surface area contributed by atoms with Crippen LogP contribution in [0.3, 0.4) is 0 Å². The van der Waals surface area contributed by atoms with Crippen molar-refractivity contribution in [1.29, 1.82) is 5.26 Å². The normalized spacial score (nSPS) is 14.0. The van der Waals surface area contributed by atoms with Gasteiger partial charge < -0.3 is 15.1 Å². The van der Waals surface area contributed by atoms with Crippen molar-refractivity contribution in [2.75, 3.05) is 58.2 Å². The quantitative estimate of drug-likeness (QED) is 0.405. The Bertz CT molecular complexity index is 1330. The molecule has 0 aliphatic carbocycles. The monoisotopic (exact) mass is 563 g/mol. The molecule has 2 amide bonds. The Morgan fingerprint density at radius 1 is 0.949 bits per heavy atom. The van der Waals surface area contributed by atoms with Crippen molar-refractivity contribution < 1.29 is 9.59 Å². The fraction of sp³-hybridized carbons (Fsp3) is 0.300. The third-order valence-corrected chi connectivity index (χ3v) is 7.17. The average Bonchev–Trinajstić information content (AvgIpc) is 2.92. The third-order valence-electron chi connectivity index (χ3n) is 6.74. The van der Waals surface area contributed by atoms with Gasteiger partial charge in [0, 0.05) is 48.5 Å². The molecule has 0 spiro atoms. The average molecular weight is 565 g/mol. The lowest BCUT2D eigenvalue weighted by Crippen LogP contribution is -2.50. The highest BCUT2D eigenvalue weighted by atomic mass is 35.5. The van der Waals surface area contributed by atoms with Crippen LogP contribution in [0.4, 0.5) is 5.69 Å². The molecule has 9 heteroatoms. The summed E-state index contributed by atoms with van der Waals surface area (Å²) in [6, 6.07) is 22.5. The number of nitrogens with one attached hydrogen (secondary N) is 1. The Morgan fingerprint density at radius 2 is 1.64 bits per heavy atom. The zero-order valence-corrected chi connectivity index (χ0v) is 23.4. The second-order valence-corrected chi connectivity index (χ2v) is 10.6. The predicted molar refractivity (Wildman–Crippen MR) is 156 cm³/mol. The predicted octanol–water partition coefficient (Wildman–Crippen LogP) is 4.79. The minimum Gasteiger partial charge on any atom is -0.332 e. The van der Waals surface area contributed by atoms with Crippen molar-refractivity contribution in [3.05, 3.63) is 87.9 Å². The molecule has 0 atom stereocenters. The number of piperazine rings is 1. The molecule has 1 aliphatic heterocycles. The maximum absolute atomic E-state index is 13.3. The van der Waals surface area contributed by atoms with E-state index in [0.29, 0.717) is 34.3 Å². The highest BCUT2D eigenvalue weighted by molar-refractivity contribution is 6.35. The summed E-state index contributed by atoms with van der Waals surface area (Å²) in [6.07, 6.45) is 0.600. The molecule has 0 bridgehead atoms. The van der Waals surface area contributed by atoms with E-state index in [1.54, 1.807) is 29.2 Å². The molecule has 1 aliphatic rings. The second-order valence-electron chi connectivity index (χ2n) is 9.74. The maximum Gasteiger partial charge on any atom is 0.243 e. The number of rotatable bonds is 9. The van der Waals surface area contributed by atoms with E-state index in [0.717, 1.165) is 42.9 Å². The van der Waals surface area contributed by atoms with Crippen LogP contribution < -0.4 is 5.32 Å². The third kappa shape index (κ3) is 8.54. The molecule has 0 unspecified atom stereocenters.